The molecule has 82 valence electrons. The molecular formula is C12H16O3. The molecule has 1 N–H and O–H groups in total. The van der Waals surface area contributed by atoms with E-state index in [0.717, 1.165) is 6.42 Å². The molecule has 0 spiro atoms. The van der Waals surface area contributed by atoms with Gasteiger partial charge in [0.2, 0.25) is 0 Å². The van der Waals surface area contributed by atoms with Crippen molar-refractivity contribution in [2.75, 3.05) is 13.2 Å². The average molecular weight is 208 g/mol. The standard InChI is InChI=1S/C12H16O3/c1-9-3-4-11(10(2)7-9)5-6-15-8-12(13)14/h3-4,7H,5-6,8H2,1-2H3,(H,13,14). The number of rotatable bonds is 5. The quantitative estimate of drug-likeness (QED) is 0.752. The summed E-state index contributed by atoms with van der Waals surface area (Å²) in [6.45, 7) is 4.35. The number of carbonyl (C=O) groups is 1. The van der Waals surface area contributed by atoms with E-state index in [1.54, 1.807) is 0 Å². The lowest BCUT2D eigenvalue weighted by atomic mass is 10.0. The van der Waals surface area contributed by atoms with Gasteiger partial charge in [-0.05, 0) is 31.4 Å². The maximum atomic E-state index is 10.2. The van der Waals surface area contributed by atoms with Crippen molar-refractivity contribution in [2.45, 2.75) is 20.3 Å². The Bertz CT molecular complexity index is 345. The number of aryl methyl sites for hydroxylation is 2. The first-order valence-electron chi connectivity index (χ1n) is 4.95. The van der Waals surface area contributed by atoms with Gasteiger partial charge in [0.1, 0.15) is 6.61 Å². The number of hydrogen-bond acceptors (Lipinski definition) is 2. The van der Waals surface area contributed by atoms with E-state index in [4.69, 9.17) is 9.84 Å². The van der Waals surface area contributed by atoms with Crippen molar-refractivity contribution in [1.82, 2.24) is 0 Å². The minimum atomic E-state index is -0.921. The van der Waals surface area contributed by atoms with Crippen molar-refractivity contribution in [2.24, 2.45) is 0 Å². The molecule has 0 saturated heterocycles. The SMILES string of the molecule is Cc1ccc(CCOCC(=O)O)c(C)c1. The Labute approximate surface area is 89.7 Å². The molecule has 1 aromatic carbocycles. The Morgan fingerprint density at radius 3 is 2.73 bits per heavy atom. The monoisotopic (exact) mass is 208 g/mol. The fourth-order valence-electron chi connectivity index (χ4n) is 1.47. The third-order valence-electron chi connectivity index (χ3n) is 2.24. The molecule has 0 fully saturated rings. The molecule has 0 unspecified atom stereocenters. The molecule has 15 heavy (non-hydrogen) atoms. The molecule has 3 nitrogen and oxygen atoms in total. The first-order valence-corrected chi connectivity index (χ1v) is 4.95. The molecule has 0 aliphatic carbocycles. The fourth-order valence-corrected chi connectivity index (χ4v) is 1.47. The summed E-state index contributed by atoms with van der Waals surface area (Å²) in [6.07, 6.45) is 0.763. The van der Waals surface area contributed by atoms with E-state index < -0.39 is 5.97 Å². The number of carboxylic acid groups (broad SMARTS) is 1. The second kappa shape index (κ2) is 5.51. The van der Waals surface area contributed by atoms with Gasteiger partial charge in [-0.25, -0.2) is 4.79 Å². The lowest BCUT2D eigenvalue weighted by Gasteiger charge is -2.06. The molecule has 0 atom stereocenters. The van der Waals surface area contributed by atoms with Crippen LogP contribution in [0.3, 0.4) is 0 Å². The van der Waals surface area contributed by atoms with Gasteiger partial charge in [0.25, 0.3) is 0 Å². The Morgan fingerprint density at radius 1 is 1.40 bits per heavy atom. The summed E-state index contributed by atoms with van der Waals surface area (Å²) in [7, 11) is 0. The van der Waals surface area contributed by atoms with Gasteiger partial charge in [-0.15, -0.1) is 0 Å². The van der Waals surface area contributed by atoms with Gasteiger partial charge in [-0.2, -0.15) is 0 Å². The molecule has 1 aromatic rings. The van der Waals surface area contributed by atoms with Crippen LogP contribution in [0.4, 0.5) is 0 Å². The van der Waals surface area contributed by atoms with E-state index in [1.165, 1.54) is 16.7 Å². The molecule has 0 amide bonds. The van der Waals surface area contributed by atoms with Gasteiger partial charge >= 0.3 is 5.97 Å². The minimum absolute atomic E-state index is 0.217. The first-order chi connectivity index (χ1) is 7.09. The summed E-state index contributed by atoms with van der Waals surface area (Å²) < 4.78 is 4.98. The Hall–Kier alpha value is -1.35. The van der Waals surface area contributed by atoms with Crippen LogP contribution >= 0.6 is 0 Å². The summed E-state index contributed by atoms with van der Waals surface area (Å²) in [5.74, 6) is -0.921. The van der Waals surface area contributed by atoms with E-state index >= 15 is 0 Å². The molecular weight excluding hydrogens is 192 g/mol. The van der Waals surface area contributed by atoms with E-state index in [1.807, 2.05) is 0 Å². The molecule has 3 heteroatoms. The van der Waals surface area contributed by atoms with Crippen molar-refractivity contribution in [3.05, 3.63) is 34.9 Å². The predicted molar refractivity (Wildman–Crippen MR) is 58.1 cm³/mol. The third kappa shape index (κ3) is 4.13. The third-order valence-corrected chi connectivity index (χ3v) is 2.24. The number of benzene rings is 1. The van der Waals surface area contributed by atoms with Crippen LogP contribution < -0.4 is 0 Å². The molecule has 0 radical (unpaired) electrons. The summed E-state index contributed by atoms with van der Waals surface area (Å²) in [5.41, 5.74) is 3.68. The Balaban J connectivity index is 2.40. The number of carboxylic acids is 1. The van der Waals surface area contributed by atoms with Crippen molar-refractivity contribution >= 4 is 5.97 Å². The number of ether oxygens (including phenoxy) is 1. The average Bonchev–Trinajstić information content (AvgIpc) is 2.14. The van der Waals surface area contributed by atoms with Gasteiger partial charge in [0.05, 0.1) is 6.61 Å². The van der Waals surface area contributed by atoms with Gasteiger partial charge < -0.3 is 9.84 Å². The number of hydrogen-bond donors (Lipinski definition) is 1. The van der Waals surface area contributed by atoms with Crippen LogP contribution in [0.15, 0.2) is 18.2 Å². The second-order valence-corrected chi connectivity index (χ2v) is 3.63. The lowest BCUT2D eigenvalue weighted by Crippen LogP contribution is -2.09. The van der Waals surface area contributed by atoms with Gasteiger partial charge in [-0.3, -0.25) is 0 Å². The van der Waals surface area contributed by atoms with E-state index in [0.29, 0.717) is 6.61 Å². The van der Waals surface area contributed by atoms with Crippen LogP contribution in [0.2, 0.25) is 0 Å². The van der Waals surface area contributed by atoms with Crippen molar-refractivity contribution in [1.29, 1.82) is 0 Å². The van der Waals surface area contributed by atoms with Crippen molar-refractivity contribution in [3.8, 4) is 0 Å². The largest absolute Gasteiger partial charge is 0.480 e. The summed E-state index contributed by atoms with van der Waals surface area (Å²) in [5, 5.41) is 8.38. The predicted octanol–water partition coefficient (Wildman–Crippen LogP) is 1.95. The van der Waals surface area contributed by atoms with Gasteiger partial charge in [0, 0.05) is 0 Å². The molecule has 1 rings (SSSR count). The highest BCUT2D eigenvalue weighted by Gasteiger charge is 2.00. The van der Waals surface area contributed by atoms with Crippen LogP contribution in [-0.2, 0) is 16.0 Å². The van der Waals surface area contributed by atoms with Gasteiger partial charge in [-0.1, -0.05) is 23.8 Å². The van der Waals surface area contributed by atoms with E-state index in [2.05, 4.69) is 32.0 Å². The molecule has 0 saturated carbocycles. The Morgan fingerprint density at radius 2 is 2.13 bits per heavy atom. The Kier molecular flexibility index (Phi) is 4.31. The van der Waals surface area contributed by atoms with Crippen molar-refractivity contribution in [3.63, 3.8) is 0 Å². The maximum Gasteiger partial charge on any atom is 0.329 e. The number of aliphatic carboxylic acids is 1. The molecule has 0 aliphatic heterocycles. The molecule has 0 aromatic heterocycles. The molecule has 0 aliphatic rings. The topological polar surface area (TPSA) is 46.5 Å². The molecule has 0 heterocycles. The lowest BCUT2D eigenvalue weighted by molar-refractivity contribution is -0.142. The zero-order chi connectivity index (χ0) is 11.3. The van der Waals surface area contributed by atoms with Crippen LogP contribution in [0.25, 0.3) is 0 Å². The van der Waals surface area contributed by atoms with E-state index in [-0.39, 0.29) is 6.61 Å². The molecule has 0 bridgehead atoms. The van der Waals surface area contributed by atoms with Gasteiger partial charge in [0.15, 0.2) is 0 Å². The fraction of sp³-hybridized carbons (Fsp3) is 0.417. The van der Waals surface area contributed by atoms with Crippen LogP contribution in [0.5, 0.6) is 0 Å². The highest BCUT2D eigenvalue weighted by Crippen LogP contribution is 2.10. The van der Waals surface area contributed by atoms with E-state index in [9.17, 15) is 4.79 Å². The zero-order valence-corrected chi connectivity index (χ0v) is 9.12. The smallest absolute Gasteiger partial charge is 0.329 e. The first kappa shape index (κ1) is 11.7. The zero-order valence-electron chi connectivity index (χ0n) is 9.12. The highest BCUT2D eigenvalue weighted by atomic mass is 16.5. The van der Waals surface area contributed by atoms with Crippen LogP contribution in [0.1, 0.15) is 16.7 Å². The maximum absolute atomic E-state index is 10.2. The van der Waals surface area contributed by atoms with Crippen molar-refractivity contribution < 1.29 is 14.6 Å². The van der Waals surface area contributed by atoms with Crippen LogP contribution in [-0.4, -0.2) is 24.3 Å². The van der Waals surface area contributed by atoms with Crippen LogP contribution in [0, 0.1) is 13.8 Å². The summed E-state index contributed by atoms with van der Waals surface area (Å²) in [4.78, 5) is 10.2. The second-order valence-electron chi connectivity index (χ2n) is 3.63. The highest BCUT2D eigenvalue weighted by molar-refractivity contribution is 5.67. The minimum Gasteiger partial charge on any atom is -0.480 e. The summed E-state index contributed by atoms with van der Waals surface area (Å²) >= 11 is 0. The normalized spacial score (nSPS) is 10.3. The summed E-state index contributed by atoms with van der Waals surface area (Å²) in [6, 6.07) is 6.24.